The molecule has 3 aromatic rings. The van der Waals surface area contributed by atoms with E-state index in [0.717, 1.165) is 45.6 Å². The second-order valence-electron chi connectivity index (χ2n) is 7.63. The molecule has 0 aliphatic carbocycles. The Bertz CT molecular complexity index is 1220. The number of imide groups is 2. The summed E-state index contributed by atoms with van der Waals surface area (Å²) in [4.78, 5) is 37.9. The van der Waals surface area contributed by atoms with Crippen molar-refractivity contribution < 1.29 is 19.1 Å². The number of amides is 4. The molecule has 1 N–H and O–H groups in total. The van der Waals surface area contributed by atoms with Crippen LogP contribution in [0.5, 0.6) is 5.75 Å². The maximum absolute atomic E-state index is 12.7. The number of nitrogens with zero attached hydrogens (tertiary/aromatic N) is 2. The van der Waals surface area contributed by atoms with Crippen molar-refractivity contribution in [3.63, 3.8) is 0 Å². The molecule has 1 fully saturated rings. The highest BCUT2D eigenvalue weighted by Crippen LogP contribution is 2.25. The number of carbonyl (C=O) groups excluding carboxylic acids is 3. The van der Waals surface area contributed by atoms with Crippen molar-refractivity contribution in [1.29, 1.82) is 0 Å². The average Bonchev–Trinajstić information content (AvgIpc) is 3.13. The molecule has 1 aromatic heterocycles. The molecule has 0 saturated carbocycles. The number of urea groups is 1. The molecule has 0 unspecified atom stereocenters. The predicted molar refractivity (Wildman–Crippen MR) is 122 cm³/mol. The minimum atomic E-state index is -0.685. The van der Waals surface area contributed by atoms with Crippen LogP contribution >= 0.6 is 0 Å². The van der Waals surface area contributed by atoms with Crippen molar-refractivity contribution in [1.82, 2.24) is 14.8 Å². The topological polar surface area (TPSA) is 80.6 Å². The maximum Gasteiger partial charge on any atom is 0.331 e. The maximum atomic E-state index is 12.7. The second-order valence-corrected chi connectivity index (χ2v) is 7.63. The van der Waals surface area contributed by atoms with Gasteiger partial charge in [0.1, 0.15) is 11.3 Å². The lowest BCUT2D eigenvalue weighted by molar-refractivity contribution is -0.129. The molecule has 164 valence electrons. The number of fused-ring (bicyclic) bond motifs is 1. The molecule has 2 heterocycles. The van der Waals surface area contributed by atoms with Crippen molar-refractivity contribution in [2.45, 2.75) is 26.8 Å². The molecule has 0 atom stereocenters. The van der Waals surface area contributed by atoms with Gasteiger partial charge in [-0.15, -0.1) is 0 Å². The Morgan fingerprint density at radius 2 is 1.78 bits per heavy atom. The average molecular weight is 431 g/mol. The SMILES string of the molecule is CCN1C(=O)NC(=O)/C(=C\c2cn(CCCOc3ccccc3C)c3ccccc23)C1=O. The van der Waals surface area contributed by atoms with Crippen molar-refractivity contribution in [2.75, 3.05) is 13.2 Å². The number of benzene rings is 2. The third kappa shape index (κ3) is 4.14. The van der Waals surface area contributed by atoms with E-state index in [1.807, 2.05) is 61.7 Å². The summed E-state index contributed by atoms with van der Waals surface area (Å²) < 4.78 is 8.00. The van der Waals surface area contributed by atoms with E-state index in [9.17, 15) is 14.4 Å². The van der Waals surface area contributed by atoms with Crippen LogP contribution in [0.3, 0.4) is 0 Å². The number of nitrogens with one attached hydrogen (secondary N) is 1. The molecule has 2 aromatic carbocycles. The molecule has 1 aliphatic rings. The number of carbonyl (C=O) groups is 3. The Balaban J connectivity index is 1.56. The number of rotatable bonds is 7. The minimum absolute atomic E-state index is 0.0442. The van der Waals surface area contributed by atoms with Gasteiger partial charge in [-0.3, -0.25) is 19.8 Å². The van der Waals surface area contributed by atoms with E-state index in [0.29, 0.717) is 6.61 Å². The van der Waals surface area contributed by atoms with Crippen molar-refractivity contribution >= 4 is 34.8 Å². The fourth-order valence-corrected chi connectivity index (χ4v) is 3.85. The molecule has 7 nitrogen and oxygen atoms in total. The number of hydrogen-bond donors (Lipinski definition) is 1. The van der Waals surface area contributed by atoms with Crippen LogP contribution in [0.4, 0.5) is 4.79 Å². The zero-order chi connectivity index (χ0) is 22.7. The van der Waals surface area contributed by atoms with Gasteiger partial charge in [0, 0.05) is 35.8 Å². The number of ether oxygens (including phenoxy) is 1. The van der Waals surface area contributed by atoms with Crippen molar-refractivity contribution in [2.24, 2.45) is 0 Å². The van der Waals surface area contributed by atoms with E-state index in [-0.39, 0.29) is 12.1 Å². The molecule has 1 saturated heterocycles. The standard InChI is InChI=1S/C25H25N3O4/c1-3-28-24(30)20(23(29)26-25(28)31)15-18-16-27(21-11-6-5-10-19(18)21)13-8-14-32-22-12-7-4-9-17(22)2/h4-7,9-12,15-16H,3,8,13-14H2,1-2H3,(H,26,29,31)/b20-15+. The molecule has 0 spiro atoms. The van der Waals surface area contributed by atoms with Gasteiger partial charge in [-0.05, 0) is 44.0 Å². The van der Waals surface area contributed by atoms with Crippen LogP contribution in [-0.4, -0.2) is 40.5 Å². The third-order valence-electron chi connectivity index (χ3n) is 5.52. The number of para-hydroxylation sites is 2. The summed E-state index contributed by atoms with van der Waals surface area (Å²) in [7, 11) is 0. The summed E-state index contributed by atoms with van der Waals surface area (Å²) in [6.45, 7) is 5.19. The first-order valence-electron chi connectivity index (χ1n) is 10.6. The summed E-state index contributed by atoms with van der Waals surface area (Å²) in [6, 6.07) is 15.1. The first-order valence-corrected chi connectivity index (χ1v) is 10.6. The molecule has 1 aliphatic heterocycles. The van der Waals surface area contributed by atoms with E-state index >= 15 is 0 Å². The summed E-state index contributed by atoms with van der Waals surface area (Å²) in [5.41, 5.74) is 2.81. The van der Waals surface area contributed by atoms with Crippen LogP contribution in [-0.2, 0) is 16.1 Å². The number of likely N-dealkylation sites (N-methyl/N-ethyl adjacent to an activating group) is 1. The second kappa shape index (κ2) is 9.09. The number of barbiturate groups is 1. The highest BCUT2D eigenvalue weighted by molar-refractivity contribution is 6.31. The van der Waals surface area contributed by atoms with Gasteiger partial charge in [0.25, 0.3) is 11.8 Å². The largest absolute Gasteiger partial charge is 0.493 e. The highest BCUT2D eigenvalue weighted by atomic mass is 16.5. The Morgan fingerprint density at radius 1 is 1.03 bits per heavy atom. The van der Waals surface area contributed by atoms with Crippen LogP contribution in [0.2, 0.25) is 0 Å². The molecule has 0 radical (unpaired) electrons. The molecular weight excluding hydrogens is 406 g/mol. The zero-order valence-electron chi connectivity index (χ0n) is 18.1. The lowest BCUT2D eigenvalue weighted by Crippen LogP contribution is -2.53. The third-order valence-corrected chi connectivity index (χ3v) is 5.52. The van der Waals surface area contributed by atoms with Crippen LogP contribution in [0.25, 0.3) is 17.0 Å². The monoisotopic (exact) mass is 431 g/mol. The lowest BCUT2D eigenvalue weighted by Gasteiger charge is -2.24. The van der Waals surface area contributed by atoms with Gasteiger partial charge in [-0.25, -0.2) is 4.79 Å². The van der Waals surface area contributed by atoms with Gasteiger partial charge in [0.15, 0.2) is 0 Å². The van der Waals surface area contributed by atoms with E-state index in [1.54, 1.807) is 13.0 Å². The summed E-state index contributed by atoms with van der Waals surface area (Å²) in [6.07, 6.45) is 4.29. The predicted octanol–water partition coefficient (Wildman–Crippen LogP) is 3.90. The quantitative estimate of drug-likeness (QED) is 0.350. The lowest BCUT2D eigenvalue weighted by atomic mass is 10.1. The Morgan fingerprint density at radius 3 is 2.56 bits per heavy atom. The summed E-state index contributed by atoms with van der Waals surface area (Å²) in [5.74, 6) is -0.370. The van der Waals surface area contributed by atoms with Gasteiger partial charge in [0.2, 0.25) is 0 Å². The number of hydrogen-bond acceptors (Lipinski definition) is 4. The van der Waals surface area contributed by atoms with Gasteiger partial charge < -0.3 is 9.30 Å². The summed E-state index contributed by atoms with van der Waals surface area (Å²) in [5, 5.41) is 3.16. The van der Waals surface area contributed by atoms with E-state index in [2.05, 4.69) is 9.88 Å². The fraction of sp³-hybridized carbons (Fsp3) is 0.240. The van der Waals surface area contributed by atoms with Gasteiger partial charge in [-0.2, -0.15) is 0 Å². The molecule has 7 heteroatoms. The van der Waals surface area contributed by atoms with Gasteiger partial charge in [-0.1, -0.05) is 36.4 Å². The number of aryl methyl sites for hydroxylation is 2. The smallest absolute Gasteiger partial charge is 0.331 e. The van der Waals surface area contributed by atoms with E-state index in [1.165, 1.54) is 0 Å². The van der Waals surface area contributed by atoms with Crippen molar-refractivity contribution in [3.05, 3.63) is 71.4 Å². The van der Waals surface area contributed by atoms with Gasteiger partial charge >= 0.3 is 6.03 Å². The molecule has 4 amide bonds. The Hall–Kier alpha value is -3.87. The summed E-state index contributed by atoms with van der Waals surface area (Å²) >= 11 is 0. The molecular formula is C25H25N3O4. The molecule has 32 heavy (non-hydrogen) atoms. The Kier molecular flexibility index (Phi) is 6.07. The highest BCUT2D eigenvalue weighted by Gasteiger charge is 2.34. The van der Waals surface area contributed by atoms with Crippen molar-refractivity contribution in [3.8, 4) is 5.75 Å². The first-order chi connectivity index (χ1) is 15.5. The normalized spacial score (nSPS) is 15.5. The van der Waals surface area contributed by atoms with Crippen LogP contribution in [0.1, 0.15) is 24.5 Å². The van der Waals surface area contributed by atoms with E-state index < -0.39 is 17.8 Å². The Labute approximate surface area is 186 Å². The van der Waals surface area contributed by atoms with Crippen LogP contribution in [0, 0.1) is 6.92 Å². The van der Waals surface area contributed by atoms with E-state index in [4.69, 9.17) is 4.74 Å². The molecule has 0 bridgehead atoms. The first kappa shape index (κ1) is 21.4. The van der Waals surface area contributed by atoms with Crippen LogP contribution in [0.15, 0.2) is 60.3 Å². The number of aromatic nitrogens is 1. The minimum Gasteiger partial charge on any atom is -0.493 e. The zero-order valence-corrected chi connectivity index (χ0v) is 18.1. The molecule has 4 rings (SSSR count). The van der Waals surface area contributed by atoms with Crippen LogP contribution < -0.4 is 10.1 Å². The van der Waals surface area contributed by atoms with Gasteiger partial charge in [0.05, 0.1) is 6.61 Å². The fourth-order valence-electron chi connectivity index (χ4n) is 3.85.